The third kappa shape index (κ3) is 2.73. The lowest BCUT2D eigenvalue weighted by Crippen LogP contribution is -2.59. The average molecular weight is 168 g/mol. The number of nitrogens with zero attached hydrogens (tertiary/aromatic N) is 1. The molecule has 0 aromatic rings. The molecule has 0 aromatic heterocycles. The molecule has 1 rings (SSSR count). The van der Waals surface area contributed by atoms with Gasteiger partial charge in [-0.2, -0.15) is 0 Å². The van der Waals surface area contributed by atoms with E-state index in [1.165, 1.54) is 0 Å². The molecule has 1 saturated heterocycles. The largest absolute Gasteiger partial charge is 0.314 e. The van der Waals surface area contributed by atoms with Crippen LogP contribution in [0.25, 0.3) is 0 Å². The second-order valence-corrected chi connectivity index (χ2v) is 2.75. The Hall–Kier alpha value is -0.710. The predicted molar refractivity (Wildman–Crippen MR) is 51.3 cm³/mol. The van der Waals surface area contributed by atoms with Crippen LogP contribution < -0.4 is 16.0 Å². The Labute approximate surface area is 73.1 Å². The molecule has 4 heteroatoms. The Bertz CT molecular complexity index is 162. The Morgan fingerprint density at radius 2 is 2.42 bits per heavy atom. The summed E-state index contributed by atoms with van der Waals surface area (Å²) < 4.78 is 0. The first kappa shape index (κ1) is 9.38. The van der Waals surface area contributed by atoms with E-state index < -0.39 is 0 Å². The summed E-state index contributed by atoms with van der Waals surface area (Å²) in [6.45, 7) is 5.62. The molecule has 1 aliphatic rings. The Morgan fingerprint density at radius 1 is 1.67 bits per heavy atom. The molecule has 12 heavy (non-hydrogen) atoms. The summed E-state index contributed by atoms with van der Waals surface area (Å²) in [6, 6.07) is 0.546. The fraction of sp³-hybridized carbons (Fsp3) is 0.625. The van der Waals surface area contributed by atoms with E-state index >= 15 is 0 Å². The zero-order chi connectivity index (χ0) is 8.81. The minimum Gasteiger partial charge on any atom is -0.314 e. The molecule has 1 aliphatic heterocycles. The summed E-state index contributed by atoms with van der Waals surface area (Å²) in [7, 11) is 1.88. The van der Waals surface area contributed by atoms with Crippen molar-refractivity contribution in [1.82, 2.24) is 16.0 Å². The SMILES string of the molecule is C=C/C=N\C(NC)NC1CNC1. The molecule has 0 aliphatic carbocycles. The van der Waals surface area contributed by atoms with Crippen LogP contribution in [0.1, 0.15) is 0 Å². The van der Waals surface area contributed by atoms with Crippen LogP contribution in [0.5, 0.6) is 0 Å². The van der Waals surface area contributed by atoms with Crippen LogP contribution >= 0.6 is 0 Å². The van der Waals surface area contributed by atoms with Gasteiger partial charge in [-0.3, -0.25) is 15.6 Å². The maximum Gasteiger partial charge on any atom is 0.153 e. The molecule has 0 amide bonds. The number of hydrogen-bond donors (Lipinski definition) is 3. The Morgan fingerprint density at radius 3 is 2.83 bits per heavy atom. The van der Waals surface area contributed by atoms with Gasteiger partial charge in [-0.05, 0) is 7.05 Å². The van der Waals surface area contributed by atoms with Gasteiger partial charge in [-0.1, -0.05) is 12.7 Å². The lowest BCUT2D eigenvalue weighted by Gasteiger charge is -2.30. The van der Waals surface area contributed by atoms with Crippen molar-refractivity contribution >= 4 is 6.21 Å². The molecule has 1 fully saturated rings. The zero-order valence-corrected chi connectivity index (χ0v) is 7.38. The van der Waals surface area contributed by atoms with Crippen LogP contribution in [0.15, 0.2) is 17.6 Å². The molecule has 0 radical (unpaired) electrons. The normalized spacial score (nSPS) is 20.8. The van der Waals surface area contributed by atoms with Crippen LogP contribution in [-0.2, 0) is 0 Å². The quantitative estimate of drug-likeness (QED) is 0.376. The molecule has 0 aromatic carbocycles. The summed E-state index contributed by atoms with van der Waals surface area (Å²) >= 11 is 0. The predicted octanol–water partition coefficient (Wildman–Crippen LogP) is -0.692. The van der Waals surface area contributed by atoms with Crippen molar-refractivity contribution in [2.24, 2.45) is 4.99 Å². The van der Waals surface area contributed by atoms with Gasteiger partial charge in [0.05, 0.1) is 0 Å². The highest BCUT2D eigenvalue weighted by atomic mass is 15.3. The molecule has 0 saturated carbocycles. The number of rotatable bonds is 5. The van der Waals surface area contributed by atoms with Gasteiger partial charge in [0.15, 0.2) is 6.29 Å². The van der Waals surface area contributed by atoms with Crippen molar-refractivity contribution in [1.29, 1.82) is 0 Å². The fourth-order valence-corrected chi connectivity index (χ4v) is 0.978. The van der Waals surface area contributed by atoms with Crippen LogP contribution in [-0.4, -0.2) is 38.7 Å². The maximum atomic E-state index is 4.19. The van der Waals surface area contributed by atoms with Gasteiger partial charge in [0.2, 0.25) is 0 Å². The van der Waals surface area contributed by atoms with Crippen LogP contribution in [0.3, 0.4) is 0 Å². The van der Waals surface area contributed by atoms with Gasteiger partial charge in [0.25, 0.3) is 0 Å². The zero-order valence-electron chi connectivity index (χ0n) is 7.38. The van der Waals surface area contributed by atoms with Crippen molar-refractivity contribution in [3.8, 4) is 0 Å². The minimum absolute atomic E-state index is 0.00935. The van der Waals surface area contributed by atoms with Gasteiger partial charge in [-0.15, -0.1) is 0 Å². The van der Waals surface area contributed by atoms with Crippen LogP contribution in [0, 0.1) is 0 Å². The Kier molecular flexibility index (Phi) is 3.93. The summed E-state index contributed by atoms with van der Waals surface area (Å²) in [5, 5.41) is 9.55. The highest BCUT2D eigenvalue weighted by molar-refractivity contribution is 5.70. The molecule has 4 nitrogen and oxygen atoms in total. The molecular formula is C8H16N4. The summed E-state index contributed by atoms with van der Waals surface area (Å²) in [5.74, 6) is 0. The monoisotopic (exact) mass is 168 g/mol. The molecule has 1 unspecified atom stereocenters. The van der Waals surface area contributed by atoms with Crippen molar-refractivity contribution in [3.05, 3.63) is 12.7 Å². The molecule has 1 heterocycles. The molecular weight excluding hydrogens is 152 g/mol. The van der Waals surface area contributed by atoms with E-state index in [1.54, 1.807) is 12.3 Å². The first-order valence-electron chi connectivity index (χ1n) is 4.15. The lowest BCUT2D eigenvalue weighted by atomic mass is 10.2. The number of aliphatic imine (C=N–C) groups is 1. The number of allylic oxidation sites excluding steroid dienone is 1. The van der Waals surface area contributed by atoms with E-state index in [9.17, 15) is 0 Å². The van der Waals surface area contributed by atoms with E-state index in [1.807, 2.05) is 7.05 Å². The molecule has 68 valence electrons. The van der Waals surface area contributed by atoms with Gasteiger partial charge in [0, 0.05) is 25.3 Å². The van der Waals surface area contributed by atoms with Crippen molar-refractivity contribution in [3.63, 3.8) is 0 Å². The van der Waals surface area contributed by atoms with Crippen molar-refractivity contribution in [2.75, 3.05) is 20.1 Å². The summed E-state index contributed by atoms with van der Waals surface area (Å²) in [4.78, 5) is 4.19. The van der Waals surface area contributed by atoms with Crippen LogP contribution in [0.2, 0.25) is 0 Å². The summed E-state index contributed by atoms with van der Waals surface area (Å²) in [6.07, 6.45) is 3.38. The first-order valence-corrected chi connectivity index (χ1v) is 4.15. The standard InChI is InChI=1S/C8H16N4/c1-3-4-11-8(9-2)12-7-5-10-6-7/h3-4,7-10,12H,1,5-6H2,2H3/b11-4-. The van der Waals surface area contributed by atoms with Crippen molar-refractivity contribution < 1.29 is 0 Å². The van der Waals surface area contributed by atoms with E-state index in [4.69, 9.17) is 0 Å². The number of nitrogens with one attached hydrogen (secondary N) is 3. The molecule has 3 N–H and O–H groups in total. The van der Waals surface area contributed by atoms with Gasteiger partial charge < -0.3 is 5.32 Å². The van der Waals surface area contributed by atoms with Gasteiger partial charge in [-0.25, -0.2) is 0 Å². The van der Waals surface area contributed by atoms with E-state index in [0.717, 1.165) is 13.1 Å². The second-order valence-electron chi connectivity index (χ2n) is 2.75. The van der Waals surface area contributed by atoms with Gasteiger partial charge in [0.1, 0.15) is 0 Å². The topological polar surface area (TPSA) is 48.5 Å². The van der Waals surface area contributed by atoms with Gasteiger partial charge >= 0.3 is 0 Å². The lowest BCUT2D eigenvalue weighted by molar-refractivity contribution is 0.314. The summed E-state index contributed by atoms with van der Waals surface area (Å²) in [5.41, 5.74) is 0. The van der Waals surface area contributed by atoms with Crippen molar-refractivity contribution in [2.45, 2.75) is 12.3 Å². The average Bonchev–Trinajstić information content (AvgIpc) is 2.02. The molecule has 0 spiro atoms. The third-order valence-electron chi connectivity index (χ3n) is 1.79. The smallest absolute Gasteiger partial charge is 0.153 e. The molecule has 0 bridgehead atoms. The number of hydrogen-bond acceptors (Lipinski definition) is 4. The van der Waals surface area contributed by atoms with E-state index in [0.29, 0.717) is 6.04 Å². The van der Waals surface area contributed by atoms with E-state index in [-0.39, 0.29) is 6.29 Å². The fourth-order valence-electron chi connectivity index (χ4n) is 0.978. The van der Waals surface area contributed by atoms with E-state index in [2.05, 4.69) is 27.5 Å². The third-order valence-corrected chi connectivity index (χ3v) is 1.79. The highest BCUT2D eigenvalue weighted by Gasteiger charge is 2.18. The highest BCUT2D eigenvalue weighted by Crippen LogP contribution is 1.92. The van der Waals surface area contributed by atoms with Crippen LogP contribution in [0.4, 0.5) is 0 Å². The first-order chi connectivity index (χ1) is 5.86. The minimum atomic E-state index is 0.00935. The maximum absolute atomic E-state index is 4.19. The second kappa shape index (κ2) is 5.03. The Balaban J connectivity index is 2.23. The molecule has 1 atom stereocenters.